The number of guanidine groups is 1. The molecular formula is C15H33N3O3. The van der Waals surface area contributed by atoms with Gasteiger partial charge in [0.1, 0.15) is 0 Å². The number of aliphatic imine (C=N–C) groups is 1. The lowest BCUT2D eigenvalue weighted by Gasteiger charge is -2.21. The monoisotopic (exact) mass is 303 g/mol. The Kier molecular flexibility index (Phi) is 13.5. The van der Waals surface area contributed by atoms with Gasteiger partial charge in [0, 0.05) is 33.9 Å². The molecular weight excluding hydrogens is 270 g/mol. The minimum atomic E-state index is 0.290. The average Bonchev–Trinajstić information content (AvgIpc) is 2.47. The van der Waals surface area contributed by atoms with Gasteiger partial charge < -0.3 is 24.8 Å². The van der Waals surface area contributed by atoms with Crippen LogP contribution in [-0.2, 0) is 14.2 Å². The molecule has 1 atom stereocenters. The van der Waals surface area contributed by atoms with E-state index in [2.05, 4.69) is 29.5 Å². The Bertz CT molecular complexity index is 261. The van der Waals surface area contributed by atoms with Gasteiger partial charge in [-0.25, -0.2) is 0 Å². The van der Waals surface area contributed by atoms with E-state index in [1.165, 1.54) is 0 Å². The molecule has 0 aromatic heterocycles. The van der Waals surface area contributed by atoms with Gasteiger partial charge in [-0.1, -0.05) is 13.8 Å². The van der Waals surface area contributed by atoms with Gasteiger partial charge in [0.25, 0.3) is 0 Å². The molecule has 0 bridgehead atoms. The second kappa shape index (κ2) is 14.1. The van der Waals surface area contributed by atoms with Gasteiger partial charge in [0.05, 0.1) is 25.9 Å². The Balaban J connectivity index is 3.74. The first kappa shape index (κ1) is 20.1. The number of nitrogens with one attached hydrogen (secondary N) is 2. The van der Waals surface area contributed by atoms with Gasteiger partial charge in [-0.2, -0.15) is 0 Å². The summed E-state index contributed by atoms with van der Waals surface area (Å²) in [5, 5.41) is 6.51. The molecule has 0 aliphatic heterocycles. The Labute approximate surface area is 129 Å². The number of nitrogens with zero attached hydrogens (tertiary/aromatic N) is 1. The van der Waals surface area contributed by atoms with Crippen LogP contribution in [0.3, 0.4) is 0 Å². The summed E-state index contributed by atoms with van der Waals surface area (Å²) in [6, 6.07) is 0. The highest BCUT2D eigenvalue weighted by atomic mass is 16.5. The third kappa shape index (κ3) is 11.5. The van der Waals surface area contributed by atoms with E-state index in [9.17, 15) is 0 Å². The maximum Gasteiger partial charge on any atom is 0.191 e. The van der Waals surface area contributed by atoms with Crippen LogP contribution in [0.4, 0.5) is 0 Å². The molecule has 0 saturated heterocycles. The molecule has 0 amide bonds. The molecule has 0 aromatic carbocycles. The van der Waals surface area contributed by atoms with Gasteiger partial charge in [0.15, 0.2) is 5.96 Å². The Morgan fingerprint density at radius 1 is 1.10 bits per heavy atom. The Hall–Kier alpha value is -0.850. The fourth-order valence-electron chi connectivity index (χ4n) is 1.86. The molecule has 0 saturated carbocycles. The summed E-state index contributed by atoms with van der Waals surface area (Å²) in [6.45, 7) is 10.6. The highest BCUT2D eigenvalue weighted by molar-refractivity contribution is 5.79. The number of methoxy groups -OCH3 is 1. The first-order chi connectivity index (χ1) is 10.2. The first-order valence-electron chi connectivity index (χ1n) is 7.78. The van der Waals surface area contributed by atoms with Crippen LogP contribution in [0.5, 0.6) is 0 Å². The number of ether oxygens (including phenoxy) is 3. The number of hydrogen-bond donors (Lipinski definition) is 2. The largest absolute Gasteiger partial charge is 0.382 e. The molecule has 0 aromatic rings. The summed E-state index contributed by atoms with van der Waals surface area (Å²) in [5.74, 6) is 1.32. The van der Waals surface area contributed by atoms with E-state index in [1.54, 1.807) is 14.2 Å². The van der Waals surface area contributed by atoms with Crippen molar-refractivity contribution in [3.05, 3.63) is 0 Å². The molecule has 0 rings (SSSR count). The van der Waals surface area contributed by atoms with Crippen molar-refractivity contribution in [2.24, 2.45) is 10.9 Å². The lowest BCUT2D eigenvalue weighted by molar-refractivity contribution is 0.0258. The van der Waals surface area contributed by atoms with Crippen molar-refractivity contribution in [3.63, 3.8) is 0 Å². The predicted octanol–water partition coefficient (Wildman–Crippen LogP) is 1.27. The molecule has 1 unspecified atom stereocenters. The smallest absolute Gasteiger partial charge is 0.191 e. The van der Waals surface area contributed by atoms with Crippen molar-refractivity contribution in [3.8, 4) is 0 Å². The van der Waals surface area contributed by atoms with E-state index in [-0.39, 0.29) is 6.10 Å². The summed E-state index contributed by atoms with van der Waals surface area (Å²) >= 11 is 0. The standard InChI is InChI=1S/C15H33N3O3/c1-6-21-14(13(2)3)7-8-17-15(16-4)18-9-10-20-12-11-19-5/h13-14H,6-12H2,1-5H3,(H2,16,17,18). The zero-order valence-electron chi connectivity index (χ0n) is 14.3. The Morgan fingerprint density at radius 2 is 1.81 bits per heavy atom. The van der Waals surface area contributed by atoms with Crippen molar-refractivity contribution >= 4 is 5.96 Å². The highest BCUT2D eigenvalue weighted by Crippen LogP contribution is 2.09. The van der Waals surface area contributed by atoms with Gasteiger partial charge in [-0.3, -0.25) is 4.99 Å². The van der Waals surface area contributed by atoms with Crippen LogP contribution in [0.1, 0.15) is 27.2 Å². The summed E-state index contributed by atoms with van der Waals surface area (Å²) in [6.07, 6.45) is 1.26. The van der Waals surface area contributed by atoms with Crippen LogP contribution in [-0.4, -0.2) is 65.7 Å². The summed E-state index contributed by atoms with van der Waals surface area (Å²) in [7, 11) is 3.43. The minimum absolute atomic E-state index is 0.290. The van der Waals surface area contributed by atoms with Crippen LogP contribution >= 0.6 is 0 Å². The van der Waals surface area contributed by atoms with E-state index in [0.29, 0.717) is 25.7 Å². The van der Waals surface area contributed by atoms with E-state index in [0.717, 1.165) is 32.1 Å². The van der Waals surface area contributed by atoms with Gasteiger partial charge in [0.2, 0.25) is 0 Å². The quantitative estimate of drug-likeness (QED) is 0.323. The fraction of sp³-hybridized carbons (Fsp3) is 0.933. The molecule has 0 spiro atoms. The number of rotatable bonds is 12. The van der Waals surface area contributed by atoms with Crippen LogP contribution in [0.2, 0.25) is 0 Å². The van der Waals surface area contributed by atoms with E-state index in [1.807, 2.05) is 6.92 Å². The molecule has 21 heavy (non-hydrogen) atoms. The van der Waals surface area contributed by atoms with Crippen LogP contribution in [0.15, 0.2) is 4.99 Å². The molecule has 0 aliphatic rings. The highest BCUT2D eigenvalue weighted by Gasteiger charge is 2.12. The van der Waals surface area contributed by atoms with Crippen molar-refractivity contribution in [2.75, 3.05) is 53.7 Å². The molecule has 0 heterocycles. The van der Waals surface area contributed by atoms with Crippen LogP contribution in [0, 0.1) is 5.92 Å². The van der Waals surface area contributed by atoms with Crippen molar-refractivity contribution in [2.45, 2.75) is 33.3 Å². The normalized spacial score (nSPS) is 13.5. The number of hydrogen-bond acceptors (Lipinski definition) is 4. The first-order valence-corrected chi connectivity index (χ1v) is 7.78. The second-order valence-corrected chi connectivity index (χ2v) is 5.06. The molecule has 2 N–H and O–H groups in total. The zero-order chi connectivity index (χ0) is 15.9. The molecule has 6 heteroatoms. The van der Waals surface area contributed by atoms with Gasteiger partial charge >= 0.3 is 0 Å². The molecule has 6 nitrogen and oxygen atoms in total. The maximum absolute atomic E-state index is 5.72. The molecule has 126 valence electrons. The Morgan fingerprint density at radius 3 is 2.38 bits per heavy atom. The summed E-state index contributed by atoms with van der Waals surface area (Å²) in [5.41, 5.74) is 0. The minimum Gasteiger partial charge on any atom is -0.382 e. The second-order valence-electron chi connectivity index (χ2n) is 5.06. The molecule has 0 radical (unpaired) electrons. The van der Waals surface area contributed by atoms with Crippen LogP contribution in [0.25, 0.3) is 0 Å². The van der Waals surface area contributed by atoms with Crippen molar-refractivity contribution in [1.29, 1.82) is 0 Å². The van der Waals surface area contributed by atoms with Crippen LogP contribution < -0.4 is 10.6 Å². The SMILES string of the molecule is CCOC(CCNC(=NC)NCCOCCOC)C(C)C. The van der Waals surface area contributed by atoms with Crippen molar-refractivity contribution in [1.82, 2.24) is 10.6 Å². The predicted molar refractivity (Wildman–Crippen MR) is 86.9 cm³/mol. The fourth-order valence-corrected chi connectivity index (χ4v) is 1.86. The van der Waals surface area contributed by atoms with E-state index >= 15 is 0 Å². The summed E-state index contributed by atoms with van der Waals surface area (Å²) in [4.78, 5) is 4.18. The molecule has 0 fully saturated rings. The lowest BCUT2D eigenvalue weighted by atomic mass is 10.0. The lowest BCUT2D eigenvalue weighted by Crippen LogP contribution is -2.40. The van der Waals surface area contributed by atoms with E-state index in [4.69, 9.17) is 14.2 Å². The van der Waals surface area contributed by atoms with E-state index < -0.39 is 0 Å². The van der Waals surface area contributed by atoms with Crippen molar-refractivity contribution < 1.29 is 14.2 Å². The van der Waals surface area contributed by atoms with Gasteiger partial charge in [-0.15, -0.1) is 0 Å². The maximum atomic E-state index is 5.72. The topological polar surface area (TPSA) is 64.1 Å². The molecule has 0 aliphatic carbocycles. The summed E-state index contributed by atoms with van der Waals surface area (Å²) < 4.78 is 16.0. The van der Waals surface area contributed by atoms with Gasteiger partial charge in [-0.05, 0) is 19.3 Å². The third-order valence-corrected chi connectivity index (χ3v) is 3.04. The zero-order valence-corrected chi connectivity index (χ0v) is 14.3. The third-order valence-electron chi connectivity index (χ3n) is 3.04. The average molecular weight is 303 g/mol.